The first-order chi connectivity index (χ1) is 6.50. The Hall–Kier alpha value is -0.420. The number of furan rings is 1. The quantitative estimate of drug-likeness (QED) is 0.913. The van der Waals surface area contributed by atoms with Gasteiger partial charge in [-0.05, 0) is 28.4 Å². The van der Waals surface area contributed by atoms with Gasteiger partial charge in [0.05, 0.1) is 16.8 Å². The minimum atomic E-state index is -2.50. The van der Waals surface area contributed by atoms with E-state index in [2.05, 4.69) is 15.9 Å². The molecule has 0 saturated heterocycles. The summed E-state index contributed by atoms with van der Waals surface area (Å²) in [6.07, 6.45) is 1.72. The van der Waals surface area contributed by atoms with Gasteiger partial charge in [-0.1, -0.05) is 0 Å². The van der Waals surface area contributed by atoms with Gasteiger partial charge in [0.1, 0.15) is 5.76 Å². The monoisotopic (exact) mass is 265 g/mol. The van der Waals surface area contributed by atoms with Crippen molar-refractivity contribution < 1.29 is 13.2 Å². The molecule has 0 radical (unpaired) electrons. The molecule has 0 spiro atoms. The van der Waals surface area contributed by atoms with Crippen LogP contribution in [0.4, 0.5) is 8.78 Å². The van der Waals surface area contributed by atoms with Crippen molar-refractivity contribution >= 4 is 15.9 Å². The van der Waals surface area contributed by atoms with Gasteiger partial charge in [0.25, 0.3) is 5.92 Å². The maximum atomic E-state index is 12.6. The standard InChI is InChI=1S/C9H10BrF2NO/c10-6-1-2-14-8(6)7(13)3-5-4-9(5,11)12/h1-2,5,7H,3-4,13H2. The van der Waals surface area contributed by atoms with E-state index in [1.807, 2.05) is 0 Å². The molecule has 78 valence electrons. The van der Waals surface area contributed by atoms with Crippen LogP contribution in [0.1, 0.15) is 24.6 Å². The van der Waals surface area contributed by atoms with Crippen molar-refractivity contribution in [3.63, 3.8) is 0 Å². The van der Waals surface area contributed by atoms with Gasteiger partial charge in [-0.15, -0.1) is 0 Å². The highest BCUT2D eigenvalue weighted by atomic mass is 79.9. The number of alkyl halides is 2. The van der Waals surface area contributed by atoms with Crippen molar-refractivity contribution in [2.24, 2.45) is 11.7 Å². The minimum absolute atomic E-state index is 0.0426. The van der Waals surface area contributed by atoms with E-state index in [4.69, 9.17) is 10.2 Å². The van der Waals surface area contributed by atoms with Crippen LogP contribution in [0.3, 0.4) is 0 Å². The molecular formula is C9H10BrF2NO. The smallest absolute Gasteiger partial charge is 0.251 e. The molecule has 1 aromatic rings. The highest BCUT2D eigenvalue weighted by Crippen LogP contribution is 2.52. The molecule has 1 saturated carbocycles. The summed E-state index contributed by atoms with van der Waals surface area (Å²) in [6, 6.07) is 1.26. The zero-order valence-electron chi connectivity index (χ0n) is 7.34. The van der Waals surface area contributed by atoms with Gasteiger partial charge in [-0.2, -0.15) is 0 Å². The Kier molecular flexibility index (Phi) is 2.39. The van der Waals surface area contributed by atoms with Gasteiger partial charge in [0, 0.05) is 12.3 Å². The van der Waals surface area contributed by atoms with Crippen molar-refractivity contribution in [2.45, 2.75) is 24.8 Å². The molecule has 5 heteroatoms. The molecule has 0 aliphatic heterocycles. The Balaban J connectivity index is 1.97. The van der Waals surface area contributed by atoms with Crippen molar-refractivity contribution in [3.05, 3.63) is 22.6 Å². The van der Waals surface area contributed by atoms with E-state index in [9.17, 15) is 8.78 Å². The van der Waals surface area contributed by atoms with E-state index in [1.165, 1.54) is 6.26 Å². The van der Waals surface area contributed by atoms with Crippen LogP contribution >= 0.6 is 15.9 Å². The third kappa shape index (κ3) is 1.83. The second kappa shape index (κ2) is 3.31. The lowest BCUT2D eigenvalue weighted by atomic mass is 10.1. The van der Waals surface area contributed by atoms with E-state index < -0.39 is 17.9 Å². The zero-order chi connectivity index (χ0) is 10.3. The van der Waals surface area contributed by atoms with Gasteiger partial charge in [0.15, 0.2) is 0 Å². The molecule has 0 bridgehead atoms. The Morgan fingerprint density at radius 1 is 1.71 bits per heavy atom. The summed E-state index contributed by atoms with van der Waals surface area (Å²) in [6.45, 7) is 0. The lowest BCUT2D eigenvalue weighted by Gasteiger charge is -2.08. The molecule has 2 unspecified atom stereocenters. The highest BCUT2D eigenvalue weighted by molar-refractivity contribution is 9.10. The molecule has 1 heterocycles. The Bertz CT molecular complexity index is 339. The van der Waals surface area contributed by atoms with Crippen molar-refractivity contribution in [1.82, 2.24) is 0 Å². The number of hydrogen-bond acceptors (Lipinski definition) is 2. The molecule has 1 aliphatic rings. The summed E-state index contributed by atoms with van der Waals surface area (Å²) in [5.74, 6) is -2.53. The van der Waals surface area contributed by atoms with Crippen LogP contribution in [-0.2, 0) is 0 Å². The van der Waals surface area contributed by atoms with Crippen LogP contribution in [0.2, 0.25) is 0 Å². The minimum Gasteiger partial charge on any atom is -0.466 e. The maximum absolute atomic E-state index is 12.6. The van der Waals surface area contributed by atoms with E-state index >= 15 is 0 Å². The maximum Gasteiger partial charge on any atom is 0.251 e. The fourth-order valence-electron chi connectivity index (χ4n) is 1.51. The van der Waals surface area contributed by atoms with Crippen LogP contribution in [0, 0.1) is 5.92 Å². The Morgan fingerprint density at radius 2 is 2.36 bits per heavy atom. The average molecular weight is 266 g/mol. The van der Waals surface area contributed by atoms with E-state index in [0.29, 0.717) is 5.76 Å². The van der Waals surface area contributed by atoms with E-state index in [-0.39, 0.29) is 12.8 Å². The summed E-state index contributed by atoms with van der Waals surface area (Å²) in [7, 11) is 0. The predicted octanol–water partition coefficient (Wildman–Crippen LogP) is 3.09. The van der Waals surface area contributed by atoms with Gasteiger partial charge in [-0.3, -0.25) is 0 Å². The second-order valence-corrected chi connectivity index (χ2v) is 4.49. The molecular weight excluding hydrogens is 256 g/mol. The van der Waals surface area contributed by atoms with Crippen LogP contribution in [-0.4, -0.2) is 5.92 Å². The summed E-state index contributed by atoms with van der Waals surface area (Å²) in [4.78, 5) is 0. The molecule has 1 aliphatic carbocycles. The van der Waals surface area contributed by atoms with Crippen LogP contribution < -0.4 is 5.73 Å². The summed E-state index contributed by atoms with van der Waals surface area (Å²) < 4.78 is 31.1. The first-order valence-electron chi connectivity index (χ1n) is 4.37. The predicted molar refractivity (Wildman–Crippen MR) is 51.0 cm³/mol. The van der Waals surface area contributed by atoms with Gasteiger partial charge < -0.3 is 10.2 Å². The van der Waals surface area contributed by atoms with Crippen molar-refractivity contribution in [2.75, 3.05) is 0 Å². The normalized spacial score (nSPS) is 26.1. The summed E-state index contributed by atoms with van der Waals surface area (Å²) in [5.41, 5.74) is 5.75. The van der Waals surface area contributed by atoms with Gasteiger partial charge >= 0.3 is 0 Å². The van der Waals surface area contributed by atoms with Crippen LogP contribution in [0.15, 0.2) is 21.2 Å². The fraction of sp³-hybridized carbons (Fsp3) is 0.556. The molecule has 2 N–H and O–H groups in total. The number of hydrogen-bond donors (Lipinski definition) is 1. The number of halogens is 3. The summed E-state index contributed by atoms with van der Waals surface area (Å²) >= 11 is 3.24. The SMILES string of the molecule is NC(CC1CC1(F)F)c1occc1Br. The molecule has 14 heavy (non-hydrogen) atoms. The lowest BCUT2D eigenvalue weighted by Crippen LogP contribution is -2.12. The third-order valence-corrected chi connectivity index (χ3v) is 3.13. The molecule has 2 nitrogen and oxygen atoms in total. The molecule has 0 aromatic carbocycles. The Labute approximate surface area is 88.6 Å². The van der Waals surface area contributed by atoms with E-state index in [1.54, 1.807) is 6.07 Å². The molecule has 1 aromatic heterocycles. The number of rotatable bonds is 3. The molecule has 2 atom stereocenters. The third-order valence-electron chi connectivity index (χ3n) is 2.48. The first kappa shape index (κ1) is 10.1. The van der Waals surface area contributed by atoms with Crippen LogP contribution in [0.25, 0.3) is 0 Å². The van der Waals surface area contributed by atoms with Crippen molar-refractivity contribution in [1.29, 1.82) is 0 Å². The molecule has 2 rings (SSSR count). The first-order valence-corrected chi connectivity index (χ1v) is 5.16. The second-order valence-electron chi connectivity index (χ2n) is 3.64. The highest BCUT2D eigenvalue weighted by Gasteiger charge is 2.57. The van der Waals surface area contributed by atoms with Gasteiger partial charge in [-0.25, -0.2) is 8.78 Å². The average Bonchev–Trinajstić information content (AvgIpc) is 2.53. The fourth-order valence-corrected chi connectivity index (χ4v) is 2.00. The molecule has 1 fully saturated rings. The largest absolute Gasteiger partial charge is 0.466 e. The van der Waals surface area contributed by atoms with Crippen LogP contribution in [0.5, 0.6) is 0 Å². The topological polar surface area (TPSA) is 39.2 Å². The molecule has 0 amide bonds. The van der Waals surface area contributed by atoms with E-state index in [0.717, 1.165) is 4.47 Å². The number of nitrogens with two attached hydrogens (primary N) is 1. The summed E-state index contributed by atoms with van der Waals surface area (Å²) in [5, 5.41) is 0. The lowest BCUT2D eigenvalue weighted by molar-refractivity contribution is 0.0949. The Morgan fingerprint density at radius 3 is 2.79 bits per heavy atom. The van der Waals surface area contributed by atoms with Crippen molar-refractivity contribution in [3.8, 4) is 0 Å². The zero-order valence-corrected chi connectivity index (χ0v) is 8.93. The van der Waals surface area contributed by atoms with Gasteiger partial charge in [0.2, 0.25) is 0 Å².